The number of nitrogens with zero attached hydrogens (tertiary/aromatic N) is 1. The van der Waals surface area contributed by atoms with E-state index in [4.69, 9.17) is 4.98 Å². The zero-order chi connectivity index (χ0) is 23.8. The highest BCUT2D eigenvalue weighted by molar-refractivity contribution is 5.95. The summed E-state index contributed by atoms with van der Waals surface area (Å²) in [5, 5.41) is 6.19. The first-order valence-corrected chi connectivity index (χ1v) is 13.0. The highest BCUT2D eigenvalue weighted by Crippen LogP contribution is 2.43. The Morgan fingerprint density at radius 2 is 1.57 bits per heavy atom. The van der Waals surface area contributed by atoms with Crippen LogP contribution in [-0.2, 0) is 9.59 Å². The van der Waals surface area contributed by atoms with E-state index in [1.54, 1.807) is 0 Å². The number of carbonyl (C=O) groups excluding carboxylic acids is 2. The monoisotopic (exact) mass is 468 g/mol. The molecule has 35 heavy (non-hydrogen) atoms. The van der Waals surface area contributed by atoms with Gasteiger partial charge in [0.05, 0.1) is 11.0 Å². The van der Waals surface area contributed by atoms with Crippen molar-refractivity contribution in [2.24, 2.45) is 23.7 Å². The van der Waals surface area contributed by atoms with Crippen LogP contribution in [0.5, 0.6) is 0 Å². The fraction of sp³-hybridized carbons (Fsp3) is 0.414. The zero-order valence-electron chi connectivity index (χ0n) is 19.9. The molecular weight excluding hydrogens is 436 g/mol. The fourth-order valence-corrected chi connectivity index (χ4v) is 6.04. The molecule has 6 nitrogen and oxygen atoms in total. The molecule has 3 aliphatic rings. The summed E-state index contributed by atoms with van der Waals surface area (Å²) >= 11 is 0. The van der Waals surface area contributed by atoms with Gasteiger partial charge in [0.1, 0.15) is 5.82 Å². The Morgan fingerprint density at radius 3 is 2.29 bits per heavy atom. The van der Waals surface area contributed by atoms with E-state index in [0.717, 1.165) is 72.3 Å². The van der Waals surface area contributed by atoms with Crippen LogP contribution in [0.4, 0.5) is 11.4 Å². The third-order valence-electron chi connectivity index (χ3n) is 8.02. The molecule has 180 valence electrons. The molecular formula is C29H32N4O2. The lowest BCUT2D eigenvalue weighted by Crippen LogP contribution is -2.25. The number of nitrogens with one attached hydrogen (secondary N) is 3. The lowest BCUT2D eigenvalue weighted by Gasteiger charge is -2.17. The molecule has 3 N–H and O–H groups in total. The number of hydrogen-bond donors (Lipinski definition) is 3. The number of hydrogen-bond acceptors (Lipinski definition) is 3. The molecule has 3 atom stereocenters. The molecule has 1 aromatic heterocycles. The Bertz CT molecular complexity index is 1270. The predicted octanol–water partition coefficient (Wildman–Crippen LogP) is 6.29. The van der Waals surface area contributed by atoms with Crippen molar-refractivity contribution < 1.29 is 9.59 Å². The number of anilines is 2. The second-order valence-electron chi connectivity index (χ2n) is 10.4. The first kappa shape index (κ1) is 22.1. The molecule has 1 heterocycles. The van der Waals surface area contributed by atoms with Crippen molar-refractivity contribution in [1.82, 2.24) is 9.97 Å². The van der Waals surface area contributed by atoms with Crippen LogP contribution < -0.4 is 10.6 Å². The number of aromatic amines is 1. The second-order valence-corrected chi connectivity index (χ2v) is 10.4. The number of carbonyl (C=O) groups is 2. The van der Waals surface area contributed by atoms with Crippen molar-refractivity contribution in [3.05, 3.63) is 54.6 Å². The van der Waals surface area contributed by atoms with Crippen molar-refractivity contribution in [2.45, 2.75) is 51.4 Å². The molecule has 0 radical (unpaired) electrons. The first-order chi connectivity index (χ1) is 17.1. The number of aromatic nitrogens is 2. The van der Waals surface area contributed by atoms with Crippen molar-refractivity contribution >= 4 is 34.2 Å². The lowest BCUT2D eigenvalue weighted by atomic mass is 9.93. The normalized spacial score (nSPS) is 23.9. The van der Waals surface area contributed by atoms with E-state index >= 15 is 0 Å². The first-order valence-electron chi connectivity index (χ1n) is 13.0. The van der Waals surface area contributed by atoms with E-state index in [0.29, 0.717) is 11.8 Å². The predicted molar refractivity (Wildman–Crippen MR) is 139 cm³/mol. The Balaban J connectivity index is 1.12. The smallest absolute Gasteiger partial charge is 0.228 e. The van der Waals surface area contributed by atoms with Crippen LogP contribution in [0.15, 0.2) is 54.6 Å². The Labute approximate surface area is 205 Å². The van der Waals surface area contributed by atoms with Crippen LogP contribution in [0.2, 0.25) is 0 Å². The van der Waals surface area contributed by atoms with E-state index in [1.807, 2.05) is 42.5 Å². The molecule has 2 amide bonds. The summed E-state index contributed by atoms with van der Waals surface area (Å²) in [6, 6.07) is 13.6. The second kappa shape index (κ2) is 9.33. The quantitative estimate of drug-likeness (QED) is 0.304. The van der Waals surface area contributed by atoms with Gasteiger partial charge in [-0.25, -0.2) is 4.98 Å². The molecule has 6 rings (SSSR count). The van der Waals surface area contributed by atoms with Gasteiger partial charge in [-0.1, -0.05) is 37.8 Å². The van der Waals surface area contributed by atoms with Gasteiger partial charge < -0.3 is 15.6 Å². The Morgan fingerprint density at radius 1 is 0.829 bits per heavy atom. The van der Waals surface area contributed by atoms with Crippen LogP contribution in [-0.4, -0.2) is 21.8 Å². The van der Waals surface area contributed by atoms with Gasteiger partial charge in [0, 0.05) is 28.8 Å². The highest BCUT2D eigenvalue weighted by atomic mass is 16.2. The summed E-state index contributed by atoms with van der Waals surface area (Å²) in [6.45, 7) is 0. The summed E-state index contributed by atoms with van der Waals surface area (Å²) in [4.78, 5) is 33.6. The topological polar surface area (TPSA) is 86.9 Å². The minimum absolute atomic E-state index is 0.0830. The molecule has 0 saturated heterocycles. The third kappa shape index (κ3) is 4.62. The van der Waals surface area contributed by atoms with Crippen molar-refractivity contribution in [3.8, 4) is 11.4 Å². The van der Waals surface area contributed by atoms with Crippen molar-refractivity contribution in [3.63, 3.8) is 0 Å². The minimum Gasteiger partial charge on any atom is -0.338 e. The summed E-state index contributed by atoms with van der Waals surface area (Å²) in [5.74, 6) is 2.19. The SMILES string of the molecule is O=C(Nc1ccc(-c2nc3ccc(NC(=O)C4CC5C=CC4C5)cc3[nH]2)cc1)C1CCCCCC1. The van der Waals surface area contributed by atoms with E-state index in [2.05, 4.69) is 27.8 Å². The van der Waals surface area contributed by atoms with Gasteiger partial charge in [-0.05, 0) is 80.0 Å². The third-order valence-corrected chi connectivity index (χ3v) is 8.02. The number of fused-ring (bicyclic) bond motifs is 3. The fourth-order valence-electron chi connectivity index (χ4n) is 6.04. The number of amides is 2. The summed E-state index contributed by atoms with van der Waals surface area (Å²) in [5.41, 5.74) is 4.30. The average Bonchev–Trinajstić information content (AvgIpc) is 3.55. The Kier molecular flexibility index (Phi) is 5.88. The van der Waals surface area contributed by atoms with Crippen LogP contribution in [0.25, 0.3) is 22.4 Å². The van der Waals surface area contributed by atoms with Gasteiger partial charge in [0.2, 0.25) is 11.8 Å². The van der Waals surface area contributed by atoms with Crippen molar-refractivity contribution in [1.29, 1.82) is 0 Å². The van der Waals surface area contributed by atoms with E-state index in [-0.39, 0.29) is 23.7 Å². The maximum atomic E-state index is 12.8. The highest BCUT2D eigenvalue weighted by Gasteiger charge is 2.39. The molecule has 0 spiro atoms. The molecule has 2 bridgehead atoms. The summed E-state index contributed by atoms with van der Waals surface area (Å²) in [7, 11) is 0. The maximum Gasteiger partial charge on any atom is 0.228 e. The van der Waals surface area contributed by atoms with Crippen LogP contribution in [0.1, 0.15) is 51.4 Å². The molecule has 3 unspecified atom stereocenters. The van der Waals surface area contributed by atoms with E-state index in [1.165, 1.54) is 12.8 Å². The van der Waals surface area contributed by atoms with Gasteiger partial charge in [-0.3, -0.25) is 9.59 Å². The molecule has 2 aromatic carbocycles. The standard InChI is InChI=1S/C29H32N4O2/c34-28(20-5-3-1-2-4-6-20)30-22-11-9-19(10-12-22)27-32-25-14-13-23(17-26(25)33-27)31-29(35)24-16-18-7-8-21(24)15-18/h7-14,17-18,20-21,24H,1-6,15-16H2,(H,30,34)(H,31,35)(H,32,33). The molecule has 2 fully saturated rings. The van der Waals surface area contributed by atoms with E-state index in [9.17, 15) is 9.59 Å². The van der Waals surface area contributed by atoms with Gasteiger partial charge >= 0.3 is 0 Å². The number of rotatable bonds is 5. The van der Waals surface area contributed by atoms with Crippen molar-refractivity contribution in [2.75, 3.05) is 10.6 Å². The van der Waals surface area contributed by atoms with Crippen LogP contribution in [0.3, 0.4) is 0 Å². The molecule has 2 saturated carbocycles. The molecule has 3 aromatic rings. The lowest BCUT2D eigenvalue weighted by molar-refractivity contribution is -0.121. The number of benzene rings is 2. The molecule has 6 heteroatoms. The molecule has 3 aliphatic carbocycles. The van der Waals surface area contributed by atoms with Crippen LogP contribution >= 0.6 is 0 Å². The van der Waals surface area contributed by atoms with E-state index < -0.39 is 0 Å². The number of H-pyrrole nitrogens is 1. The number of allylic oxidation sites excluding steroid dienone is 2. The Hall–Kier alpha value is -3.41. The molecule has 0 aliphatic heterocycles. The van der Waals surface area contributed by atoms with Gasteiger partial charge in [0.15, 0.2) is 0 Å². The largest absolute Gasteiger partial charge is 0.338 e. The average molecular weight is 469 g/mol. The van der Waals surface area contributed by atoms with Gasteiger partial charge in [-0.2, -0.15) is 0 Å². The minimum atomic E-state index is 0.0830. The zero-order valence-corrected chi connectivity index (χ0v) is 19.9. The number of imidazole rings is 1. The maximum absolute atomic E-state index is 12.8. The summed E-state index contributed by atoms with van der Waals surface area (Å²) in [6.07, 6.45) is 13.3. The summed E-state index contributed by atoms with van der Waals surface area (Å²) < 4.78 is 0. The van der Waals surface area contributed by atoms with Gasteiger partial charge in [0.25, 0.3) is 0 Å². The van der Waals surface area contributed by atoms with Crippen LogP contribution in [0, 0.1) is 23.7 Å². The van der Waals surface area contributed by atoms with Gasteiger partial charge in [-0.15, -0.1) is 0 Å².